The van der Waals surface area contributed by atoms with E-state index in [9.17, 15) is 12.8 Å². The number of anilines is 1. The fourth-order valence-corrected chi connectivity index (χ4v) is 3.55. The first-order chi connectivity index (χ1) is 8.92. The van der Waals surface area contributed by atoms with Gasteiger partial charge in [0.25, 0.3) is 0 Å². The van der Waals surface area contributed by atoms with Gasteiger partial charge in [0.2, 0.25) is 0 Å². The number of benzene rings is 2. The maximum absolute atomic E-state index is 13.6. The van der Waals surface area contributed by atoms with Gasteiger partial charge >= 0.3 is 0 Å². The van der Waals surface area contributed by atoms with Gasteiger partial charge < -0.3 is 5.73 Å². The molecule has 2 rings (SSSR count). The molecule has 100 valence electrons. The third-order valence-electron chi connectivity index (χ3n) is 2.65. The summed E-state index contributed by atoms with van der Waals surface area (Å²) in [7, 11) is -3.74. The summed E-state index contributed by atoms with van der Waals surface area (Å²) in [5, 5.41) is 0.0816. The highest BCUT2D eigenvalue weighted by Crippen LogP contribution is 2.26. The van der Waals surface area contributed by atoms with Crippen LogP contribution in [0.5, 0.6) is 0 Å². The minimum absolute atomic E-state index is 0.0191. The van der Waals surface area contributed by atoms with E-state index in [0.717, 1.165) is 0 Å². The Morgan fingerprint density at radius 2 is 1.79 bits per heavy atom. The predicted molar refractivity (Wildman–Crippen MR) is 73.2 cm³/mol. The summed E-state index contributed by atoms with van der Waals surface area (Å²) >= 11 is 5.83. The average molecular weight is 300 g/mol. The van der Waals surface area contributed by atoms with Crippen molar-refractivity contribution < 1.29 is 12.8 Å². The molecule has 0 aliphatic rings. The van der Waals surface area contributed by atoms with Crippen molar-refractivity contribution >= 4 is 27.1 Å². The first kappa shape index (κ1) is 13.8. The Morgan fingerprint density at radius 3 is 2.42 bits per heavy atom. The molecule has 2 aromatic rings. The molecule has 0 aliphatic carbocycles. The molecule has 2 N–H and O–H groups in total. The van der Waals surface area contributed by atoms with Crippen LogP contribution in [0.3, 0.4) is 0 Å². The van der Waals surface area contributed by atoms with Crippen LogP contribution in [-0.2, 0) is 15.6 Å². The van der Waals surface area contributed by atoms with Crippen LogP contribution in [0.15, 0.2) is 47.4 Å². The van der Waals surface area contributed by atoms with Gasteiger partial charge in [0.05, 0.1) is 16.3 Å². The lowest BCUT2D eigenvalue weighted by Gasteiger charge is -2.09. The Labute approximate surface area is 115 Å². The molecule has 0 amide bonds. The highest BCUT2D eigenvalue weighted by molar-refractivity contribution is 7.90. The van der Waals surface area contributed by atoms with Gasteiger partial charge in [-0.2, -0.15) is 0 Å². The third-order valence-corrected chi connectivity index (χ3v) is 4.71. The molecule has 0 aliphatic heterocycles. The number of hydrogen-bond acceptors (Lipinski definition) is 3. The number of hydrogen-bond donors (Lipinski definition) is 1. The van der Waals surface area contributed by atoms with Gasteiger partial charge in [-0.25, -0.2) is 12.8 Å². The summed E-state index contributed by atoms with van der Waals surface area (Å²) in [6.07, 6.45) is 0. The summed E-state index contributed by atoms with van der Waals surface area (Å²) in [6, 6.07) is 10.1. The van der Waals surface area contributed by atoms with Crippen LogP contribution < -0.4 is 5.73 Å². The van der Waals surface area contributed by atoms with Gasteiger partial charge in [0.15, 0.2) is 9.84 Å². The van der Waals surface area contributed by atoms with E-state index in [-0.39, 0.29) is 21.2 Å². The Kier molecular flexibility index (Phi) is 3.78. The van der Waals surface area contributed by atoms with Crippen LogP contribution in [0.1, 0.15) is 5.56 Å². The highest BCUT2D eigenvalue weighted by Gasteiger charge is 2.21. The zero-order valence-corrected chi connectivity index (χ0v) is 11.4. The molecule has 0 heterocycles. The van der Waals surface area contributed by atoms with E-state index < -0.39 is 21.4 Å². The van der Waals surface area contributed by atoms with Crippen molar-refractivity contribution in [1.29, 1.82) is 0 Å². The fourth-order valence-electron chi connectivity index (χ4n) is 1.70. The smallest absolute Gasteiger partial charge is 0.184 e. The van der Waals surface area contributed by atoms with Crippen LogP contribution in [0.25, 0.3) is 0 Å². The molecule has 0 aromatic heterocycles. The summed E-state index contributed by atoms with van der Waals surface area (Å²) in [4.78, 5) is -0.0191. The minimum Gasteiger partial charge on any atom is -0.398 e. The molecule has 0 radical (unpaired) electrons. The summed E-state index contributed by atoms with van der Waals surface area (Å²) < 4.78 is 38.1. The molecule has 2 aromatic carbocycles. The predicted octanol–water partition coefficient (Wildman–Crippen LogP) is 3.04. The van der Waals surface area contributed by atoms with Gasteiger partial charge in [-0.1, -0.05) is 29.8 Å². The molecule has 0 unspecified atom stereocenters. The standard InChI is InChI=1S/C13H11ClFNO2S/c14-10-4-3-5-11(15)9(10)8-19(17,18)13-7-2-1-6-12(13)16/h1-7H,8,16H2. The minimum atomic E-state index is -3.74. The zero-order chi connectivity index (χ0) is 14.0. The normalized spacial score (nSPS) is 11.5. The Balaban J connectivity index is 2.46. The number of nitrogen functional groups attached to an aromatic ring is 1. The van der Waals surface area contributed by atoms with E-state index in [2.05, 4.69) is 0 Å². The fraction of sp³-hybridized carbons (Fsp3) is 0.0769. The number of halogens is 2. The topological polar surface area (TPSA) is 60.2 Å². The molecule has 0 bridgehead atoms. The van der Waals surface area contributed by atoms with Crippen molar-refractivity contribution in [2.45, 2.75) is 10.6 Å². The van der Waals surface area contributed by atoms with Crippen molar-refractivity contribution in [2.75, 3.05) is 5.73 Å². The van der Waals surface area contributed by atoms with Crippen molar-refractivity contribution in [3.63, 3.8) is 0 Å². The molecule has 19 heavy (non-hydrogen) atoms. The van der Waals surface area contributed by atoms with Crippen molar-refractivity contribution in [2.24, 2.45) is 0 Å². The van der Waals surface area contributed by atoms with E-state index in [1.807, 2.05) is 0 Å². The quantitative estimate of drug-likeness (QED) is 0.886. The Morgan fingerprint density at radius 1 is 1.11 bits per heavy atom. The molecule has 6 heteroatoms. The van der Waals surface area contributed by atoms with Gasteiger partial charge in [-0.3, -0.25) is 0 Å². The lowest BCUT2D eigenvalue weighted by molar-refractivity contribution is 0.587. The number of para-hydroxylation sites is 1. The maximum Gasteiger partial charge on any atom is 0.184 e. The average Bonchev–Trinajstić information content (AvgIpc) is 2.34. The summed E-state index contributed by atoms with van der Waals surface area (Å²) in [5.41, 5.74) is 5.72. The molecular formula is C13H11ClFNO2S. The molecular weight excluding hydrogens is 289 g/mol. The van der Waals surface area contributed by atoms with E-state index in [1.54, 1.807) is 12.1 Å². The molecule has 0 saturated carbocycles. The van der Waals surface area contributed by atoms with Gasteiger partial charge in [0.1, 0.15) is 5.82 Å². The Bertz CT molecular complexity index is 696. The Hall–Kier alpha value is -1.59. The van der Waals surface area contributed by atoms with Crippen LogP contribution in [-0.4, -0.2) is 8.42 Å². The van der Waals surface area contributed by atoms with Gasteiger partial charge in [0, 0.05) is 10.6 Å². The molecule has 0 fully saturated rings. The molecule has 0 atom stereocenters. The summed E-state index contributed by atoms with van der Waals surface area (Å²) in [5.74, 6) is -1.17. The second-order valence-electron chi connectivity index (χ2n) is 4.00. The molecule has 0 spiro atoms. The summed E-state index contributed by atoms with van der Waals surface area (Å²) in [6.45, 7) is 0. The second-order valence-corrected chi connectivity index (χ2v) is 6.36. The van der Waals surface area contributed by atoms with Crippen LogP contribution in [0.4, 0.5) is 10.1 Å². The van der Waals surface area contributed by atoms with Gasteiger partial charge in [-0.05, 0) is 24.3 Å². The van der Waals surface area contributed by atoms with Crippen molar-refractivity contribution in [1.82, 2.24) is 0 Å². The van der Waals surface area contributed by atoms with Crippen molar-refractivity contribution in [3.05, 3.63) is 58.9 Å². The maximum atomic E-state index is 13.6. The van der Waals surface area contributed by atoms with Crippen LogP contribution in [0, 0.1) is 5.82 Å². The largest absolute Gasteiger partial charge is 0.398 e. The van der Waals surface area contributed by atoms with Gasteiger partial charge in [-0.15, -0.1) is 0 Å². The zero-order valence-electron chi connectivity index (χ0n) is 9.81. The number of rotatable bonds is 3. The number of sulfone groups is 1. The van der Waals surface area contributed by atoms with E-state index in [1.165, 1.54) is 30.3 Å². The second kappa shape index (κ2) is 5.19. The lowest BCUT2D eigenvalue weighted by atomic mass is 10.2. The SMILES string of the molecule is Nc1ccccc1S(=O)(=O)Cc1c(F)cccc1Cl. The van der Waals surface area contributed by atoms with Crippen LogP contribution >= 0.6 is 11.6 Å². The monoisotopic (exact) mass is 299 g/mol. The number of nitrogens with two attached hydrogens (primary N) is 1. The van der Waals surface area contributed by atoms with Crippen LogP contribution in [0.2, 0.25) is 5.02 Å². The first-order valence-electron chi connectivity index (χ1n) is 5.42. The first-order valence-corrected chi connectivity index (χ1v) is 7.45. The highest BCUT2D eigenvalue weighted by atomic mass is 35.5. The van der Waals surface area contributed by atoms with Crippen molar-refractivity contribution in [3.8, 4) is 0 Å². The molecule has 0 saturated heterocycles. The van der Waals surface area contributed by atoms with E-state index in [4.69, 9.17) is 17.3 Å². The van der Waals surface area contributed by atoms with E-state index in [0.29, 0.717) is 0 Å². The van der Waals surface area contributed by atoms with E-state index >= 15 is 0 Å². The molecule has 3 nitrogen and oxygen atoms in total. The third kappa shape index (κ3) is 2.88. The lowest BCUT2D eigenvalue weighted by Crippen LogP contribution is -2.09.